The zero-order valence-corrected chi connectivity index (χ0v) is 14.2. The molecule has 0 bridgehead atoms. The Labute approximate surface area is 144 Å². The van der Waals surface area contributed by atoms with E-state index in [9.17, 15) is 14.0 Å². The molecule has 0 fully saturated rings. The molecule has 0 saturated heterocycles. The fraction of sp³-hybridized carbons (Fsp3) is 0.263. The van der Waals surface area contributed by atoms with Crippen molar-refractivity contribution in [1.29, 1.82) is 0 Å². The zero-order chi connectivity index (χ0) is 18.0. The van der Waals surface area contributed by atoms with Crippen molar-refractivity contribution in [3.63, 3.8) is 0 Å². The summed E-state index contributed by atoms with van der Waals surface area (Å²) in [5, 5.41) is 2.74. The first-order valence-corrected chi connectivity index (χ1v) is 8.13. The molecule has 1 heterocycles. The molecule has 25 heavy (non-hydrogen) atoms. The van der Waals surface area contributed by atoms with Crippen molar-refractivity contribution in [3.8, 4) is 0 Å². The highest BCUT2D eigenvalue weighted by Gasteiger charge is 2.16. The monoisotopic (exact) mass is 341 g/mol. The number of imidazole rings is 1. The molecule has 6 heteroatoms. The van der Waals surface area contributed by atoms with Crippen LogP contribution in [-0.2, 0) is 17.9 Å². The Morgan fingerprint density at radius 2 is 1.68 bits per heavy atom. The molecule has 1 unspecified atom stereocenters. The third-order valence-corrected chi connectivity index (χ3v) is 4.13. The molecule has 0 saturated carbocycles. The van der Waals surface area contributed by atoms with Crippen LogP contribution in [0.3, 0.4) is 0 Å². The number of fused-ring (bicyclic) bond motifs is 1. The second-order valence-corrected chi connectivity index (χ2v) is 6.03. The summed E-state index contributed by atoms with van der Waals surface area (Å²) in [5.41, 5.74) is 2.84. The molecule has 1 N–H and O–H groups in total. The van der Waals surface area contributed by atoms with Gasteiger partial charge >= 0.3 is 5.69 Å². The molecule has 130 valence electrons. The molecule has 3 rings (SSSR count). The van der Waals surface area contributed by atoms with Crippen LogP contribution in [0.4, 0.5) is 4.39 Å². The SMILES string of the molecule is CC(=O)NCc1ccc(Cn2c(=O)n(C(C)F)c3ccccc32)cc1. The van der Waals surface area contributed by atoms with Crippen molar-refractivity contribution in [1.82, 2.24) is 14.5 Å². The topological polar surface area (TPSA) is 56.0 Å². The van der Waals surface area contributed by atoms with Gasteiger partial charge in [0.05, 0.1) is 17.6 Å². The summed E-state index contributed by atoms with van der Waals surface area (Å²) in [5.74, 6) is -0.0798. The van der Waals surface area contributed by atoms with Crippen molar-refractivity contribution >= 4 is 16.9 Å². The summed E-state index contributed by atoms with van der Waals surface area (Å²) in [6.45, 7) is 3.66. The van der Waals surface area contributed by atoms with Crippen LogP contribution in [0.5, 0.6) is 0 Å². The van der Waals surface area contributed by atoms with Gasteiger partial charge in [-0.1, -0.05) is 36.4 Å². The van der Waals surface area contributed by atoms with Crippen LogP contribution in [0.1, 0.15) is 31.3 Å². The number of hydrogen-bond acceptors (Lipinski definition) is 2. The summed E-state index contributed by atoms with van der Waals surface area (Å²) in [7, 11) is 0. The van der Waals surface area contributed by atoms with E-state index in [1.807, 2.05) is 36.4 Å². The summed E-state index contributed by atoms with van der Waals surface area (Å²) in [4.78, 5) is 23.6. The van der Waals surface area contributed by atoms with Crippen molar-refractivity contribution in [3.05, 3.63) is 70.1 Å². The normalized spacial score (nSPS) is 12.3. The fourth-order valence-electron chi connectivity index (χ4n) is 2.90. The molecule has 1 aromatic heterocycles. The minimum absolute atomic E-state index is 0.0798. The molecule has 5 nitrogen and oxygen atoms in total. The van der Waals surface area contributed by atoms with Crippen LogP contribution < -0.4 is 11.0 Å². The number of alkyl halides is 1. The highest BCUT2D eigenvalue weighted by atomic mass is 19.1. The molecule has 0 aliphatic heterocycles. The summed E-state index contributed by atoms with van der Waals surface area (Å²) in [6.07, 6.45) is -1.39. The Hall–Kier alpha value is -2.89. The van der Waals surface area contributed by atoms with E-state index < -0.39 is 6.30 Å². The van der Waals surface area contributed by atoms with Crippen LogP contribution in [-0.4, -0.2) is 15.0 Å². The van der Waals surface area contributed by atoms with Gasteiger partial charge in [0.15, 0.2) is 6.30 Å². The number of nitrogens with one attached hydrogen (secondary N) is 1. The quantitative estimate of drug-likeness (QED) is 0.776. The van der Waals surface area contributed by atoms with E-state index >= 15 is 0 Å². The van der Waals surface area contributed by atoms with Crippen molar-refractivity contribution in [2.75, 3.05) is 0 Å². The largest absolute Gasteiger partial charge is 0.352 e. The molecule has 1 atom stereocenters. The summed E-state index contributed by atoms with van der Waals surface area (Å²) in [6, 6.07) is 14.8. The van der Waals surface area contributed by atoms with Gasteiger partial charge in [-0.3, -0.25) is 13.9 Å². The van der Waals surface area contributed by atoms with Gasteiger partial charge in [-0.25, -0.2) is 9.18 Å². The van der Waals surface area contributed by atoms with Crippen LogP contribution in [0.2, 0.25) is 0 Å². The lowest BCUT2D eigenvalue weighted by Crippen LogP contribution is -2.25. The van der Waals surface area contributed by atoms with Gasteiger partial charge in [-0.15, -0.1) is 0 Å². The summed E-state index contributed by atoms with van der Waals surface area (Å²) >= 11 is 0. The number of para-hydroxylation sites is 2. The first kappa shape index (κ1) is 17.0. The standard InChI is InChI=1S/C19H20FN3O2/c1-13(20)23-18-6-4-3-5-17(18)22(19(23)25)12-16-9-7-15(8-10-16)11-21-14(2)24/h3-10,13H,11-12H2,1-2H3,(H,21,24). The minimum atomic E-state index is -1.39. The molecule has 0 radical (unpaired) electrons. The smallest absolute Gasteiger partial charge is 0.331 e. The first-order chi connectivity index (χ1) is 12.0. The lowest BCUT2D eigenvalue weighted by atomic mass is 10.1. The maximum Gasteiger partial charge on any atom is 0.331 e. The van der Waals surface area contributed by atoms with Gasteiger partial charge in [-0.05, 0) is 30.2 Å². The third kappa shape index (κ3) is 3.47. The lowest BCUT2D eigenvalue weighted by molar-refractivity contribution is -0.119. The number of benzene rings is 2. The average molecular weight is 341 g/mol. The number of halogens is 1. The second kappa shape index (κ2) is 6.93. The van der Waals surface area contributed by atoms with E-state index in [2.05, 4.69) is 5.32 Å². The Balaban J connectivity index is 1.92. The average Bonchev–Trinajstić information content (AvgIpc) is 2.86. The lowest BCUT2D eigenvalue weighted by Gasteiger charge is -2.06. The predicted molar refractivity (Wildman–Crippen MR) is 95.1 cm³/mol. The van der Waals surface area contributed by atoms with Gasteiger partial charge in [-0.2, -0.15) is 0 Å². The van der Waals surface area contributed by atoms with E-state index in [4.69, 9.17) is 0 Å². The molecular weight excluding hydrogens is 321 g/mol. The highest BCUT2D eigenvalue weighted by Crippen LogP contribution is 2.18. The van der Waals surface area contributed by atoms with Crippen molar-refractivity contribution in [2.45, 2.75) is 33.2 Å². The molecule has 1 amide bonds. The number of carbonyl (C=O) groups excluding carboxylic acids is 1. The molecule has 0 aliphatic carbocycles. The fourth-order valence-corrected chi connectivity index (χ4v) is 2.90. The minimum Gasteiger partial charge on any atom is -0.352 e. The van der Waals surface area contributed by atoms with E-state index in [-0.39, 0.29) is 11.6 Å². The molecule has 0 spiro atoms. The van der Waals surface area contributed by atoms with Gasteiger partial charge in [0.25, 0.3) is 0 Å². The molecular formula is C19H20FN3O2. The van der Waals surface area contributed by atoms with E-state index in [1.165, 1.54) is 18.4 Å². The summed E-state index contributed by atoms with van der Waals surface area (Å²) < 4.78 is 16.6. The number of hydrogen-bond donors (Lipinski definition) is 1. The second-order valence-electron chi connectivity index (χ2n) is 6.03. The number of amides is 1. The highest BCUT2D eigenvalue weighted by molar-refractivity contribution is 5.76. The number of nitrogens with zero attached hydrogens (tertiary/aromatic N) is 2. The maximum absolute atomic E-state index is 13.9. The zero-order valence-electron chi connectivity index (χ0n) is 14.2. The van der Waals surface area contributed by atoms with Crippen LogP contribution in [0.15, 0.2) is 53.3 Å². The number of carbonyl (C=O) groups is 1. The third-order valence-electron chi connectivity index (χ3n) is 4.13. The molecule has 0 aliphatic rings. The van der Waals surface area contributed by atoms with E-state index in [0.717, 1.165) is 11.1 Å². The van der Waals surface area contributed by atoms with Crippen molar-refractivity contribution in [2.24, 2.45) is 0 Å². The van der Waals surface area contributed by atoms with E-state index in [1.54, 1.807) is 16.7 Å². The van der Waals surface area contributed by atoms with Gasteiger partial charge < -0.3 is 5.32 Å². The van der Waals surface area contributed by atoms with Gasteiger partial charge in [0.1, 0.15) is 0 Å². The van der Waals surface area contributed by atoms with E-state index in [0.29, 0.717) is 24.1 Å². The molecule has 3 aromatic rings. The first-order valence-electron chi connectivity index (χ1n) is 8.13. The van der Waals surface area contributed by atoms with Gasteiger partial charge in [0, 0.05) is 13.5 Å². The Morgan fingerprint density at radius 1 is 1.08 bits per heavy atom. The number of rotatable bonds is 5. The van der Waals surface area contributed by atoms with Gasteiger partial charge in [0.2, 0.25) is 5.91 Å². The van der Waals surface area contributed by atoms with Crippen LogP contribution in [0.25, 0.3) is 11.0 Å². The maximum atomic E-state index is 13.9. The Morgan fingerprint density at radius 3 is 2.28 bits per heavy atom. The predicted octanol–water partition coefficient (Wildman–Crippen LogP) is 2.98. The molecule has 2 aromatic carbocycles. The van der Waals surface area contributed by atoms with Crippen LogP contribution in [0, 0.1) is 0 Å². The number of aromatic nitrogens is 2. The van der Waals surface area contributed by atoms with Crippen LogP contribution >= 0.6 is 0 Å². The Kier molecular flexibility index (Phi) is 4.70. The van der Waals surface area contributed by atoms with Crippen molar-refractivity contribution < 1.29 is 9.18 Å². The Bertz CT molecular complexity index is 955.